The van der Waals surface area contributed by atoms with Gasteiger partial charge in [-0.2, -0.15) is 0 Å². The molecule has 1 aromatic carbocycles. The molecule has 0 aliphatic heterocycles. The van der Waals surface area contributed by atoms with Crippen molar-refractivity contribution in [2.45, 2.75) is 39.7 Å². The zero-order valence-corrected chi connectivity index (χ0v) is 13.0. The summed E-state index contributed by atoms with van der Waals surface area (Å²) in [6.07, 6.45) is 3.52. The van der Waals surface area contributed by atoms with E-state index in [1.807, 2.05) is 25.1 Å². The Labute approximate surface area is 126 Å². The van der Waals surface area contributed by atoms with E-state index in [1.165, 1.54) is 5.69 Å². The zero-order chi connectivity index (χ0) is 15.0. The molecule has 1 heterocycles. The number of hydrogen-bond acceptors (Lipinski definition) is 2. The molecule has 0 amide bonds. The third-order valence-corrected chi connectivity index (χ3v) is 4.20. The first-order valence-electron chi connectivity index (χ1n) is 7.61. The van der Waals surface area contributed by atoms with E-state index in [0.29, 0.717) is 6.61 Å². The molecule has 0 fully saturated rings. The minimum Gasteiger partial charge on any atom is -0.494 e. The van der Waals surface area contributed by atoms with E-state index in [9.17, 15) is 5.11 Å². The highest BCUT2D eigenvalue weighted by molar-refractivity contribution is 5.43. The van der Waals surface area contributed by atoms with Crippen LogP contribution in [0.4, 0.5) is 0 Å². The Morgan fingerprint density at radius 1 is 1.24 bits per heavy atom. The van der Waals surface area contributed by atoms with Crippen LogP contribution >= 0.6 is 0 Å². The molecule has 0 saturated carbocycles. The van der Waals surface area contributed by atoms with E-state index in [0.717, 1.165) is 29.8 Å². The Morgan fingerprint density at radius 3 is 2.62 bits per heavy atom. The Kier molecular flexibility index (Phi) is 3.54. The predicted octanol–water partition coefficient (Wildman–Crippen LogP) is 3.88. The van der Waals surface area contributed by atoms with Crippen LogP contribution in [0.1, 0.15) is 44.6 Å². The average molecular weight is 285 g/mol. The fourth-order valence-corrected chi connectivity index (χ4v) is 3.24. The van der Waals surface area contributed by atoms with Crippen molar-refractivity contribution in [3.05, 3.63) is 47.8 Å². The number of rotatable bonds is 3. The van der Waals surface area contributed by atoms with Crippen molar-refractivity contribution in [3.8, 4) is 11.4 Å². The minimum atomic E-state index is -0.354. The summed E-state index contributed by atoms with van der Waals surface area (Å²) in [5.74, 6) is 0.891. The van der Waals surface area contributed by atoms with E-state index < -0.39 is 0 Å². The fraction of sp³-hybridized carbons (Fsp3) is 0.444. The molecule has 0 saturated heterocycles. The maximum Gasteiger partial charge on any atom is 0.119 e. The van der Waals surface area contributed by atoms with Gasteiger partial charge in [0.1, 0.15) is 5.75 Å². The lowest BCUT2D eigenvalue weighted by molar-refractivity contribution is 0.0987. The third-order valence-electron chi connectivity index (χ3n) is 4.20. The highest BCUT2D eigenvalue weighted by Gasteiger charge is 2.33. The van der Waals surface area contributed by atoms with Gasteiger partial charge in [0.2, 0.25) is 0 Å². The van der Waals surface area contributed by atoms with Crippen LogP contribution in [0.25, 0.3) is 5.69 Å². The lowest BCUT2D eigenvalue weighted by Gasteiger charge is -2.34. The number of fused-ring (bicyclic) bond motifs is 1. The van der Waals surface area contributed by atoms with Crippen LogP contribution in [0, 0.1) is 5.41 Å². The molecule has 2 aromatic rings. The SMILES string of the molecule is CCOc1ccc(-n2ccc3c2CC(C)(C)CC3O)cc1. The van der Waals surface area contributed by atoms with Crippen LogP contribution in [0.5, 0.6) is 5.75 Å². The molecule has 1 aromatic heterocycles. The summed E-state index contributed by atoms with van der Waals surface area (Å²) in [5, 5.41) is 10.3. The molecule has 0 radical (unpaired) electrons. The van der Waals surface area contributed by atoms with E-state index in [4.69, 9.17) is 4.74 Å². The molecule has 3 nitrogen and oxygen atoms in total. The molecular weight excluding hydrogens is 262 g/mol. The number of hydrogen-bond donors (Lipinski definition) is 1. The van der Waals surface area contributed by atoms with Gasteiger partial charge in [0.15, 0.2) is 0 Å². The first-order chi connectivity index (χ1) is 10.00. The first kappa shape index (κ1) is 14.2. The van der Waals surface area contributed by atoms with Gasteiger partial charge >= 0.3 is 0 Å². The van der Waals surface area contributed by atoms with Crippen LogP contribution in [0.15, 0.2) is 36.5 Å². The number of ether oxygens (including phenoxy) is 1. The molecule has 112 valence electrons. The molecule has 0 bridgehead atoms. The van der Waals surface area contributed by atoms with Crippen molar-refractivity contribution in [1.29, 1.82) is 0 Å². The van der Waals surface area contributed by atoms with Crippen molar-refractivity contribution < 1.29 is 9.84 Å². The van der Waals surface area contributed by atoms with Crippen LogP contribution in [0.3, 0.4) is 0 Å². The highest BCUT2D eigenvalue weighted by atomic mass is 16.5. The van der Waals surface area contributed by atoms with E-state index in [1.54, 1.807) is 0 Å². The van der Waals surface area contributed by atoms with Gasteiger partial charge < -0.3 is 14.4 Å². The molecule has 0 spiro atoms. The predicted molar refractivity (Wildman–Crippen MR) is 84.0 cm³/mol. The van der Waals surface area contributed by atoms with Gasteiger partial charge in [-0.15, -0.1) is 0 Å². The summed E-state index contributed by atoms with van der Waals surface area (Å²) in [4.78, 5) is 0. The van der Waals surface area contributed by atoms with Crippen molar-refractivity contribution in [2.24, 2.45) is 5.41 Å². The second kappa shape index (κ2) is 5.23. The maximum absolute atomic E-state index is 10.3. The maximum atomic E-state index is 10.3. The summed E-state index contributed by atoms with van der Waals surface area (Å²) < 4.78 is 7.68. The molecule has 1 atom stereocenters. The molecule has 1 aliphatic carbocycles. The van der Waals surface area contributed by atoms with Gasteiger partial charge in [0, 0.05) is 23.1 Å². The van der Waals surface area contributed by atoms with E-state index >= 15 is 0 Å². The van der Waals surface area contributed by atoms with Crippen molar-refractivity contribution in [1.82, 2.24) is 4.57 Å². The number of nitrogens with zero attached hydrogens (tertiary/aromatic N) is 1. The van der Waals surface area contributed by atoms with Crippen LogP contribution in [-0.2, 0) is 6.42 Å². The van der Waals surface area contributed by atoms with E-state index in [-0.39, 0.29) is 11.5 Å². The van der Waals surface area contributed by atoms with Gasteiger partial charge in [-0.1, -0.05) is 13.8 Å². The molecule has 21 heavy (non-hydrogen) atoms. The fourth-order valence-electron chi connectivity index (χ4n) is 3.24. The van der Waals surface area contributed by atoms with Crippen molar-refractivity contribution in [3.63, 3.8) is 0 Å². The molecule has 3 heteroatoms. The first-order valence-corrected chi connectivity index (χ1v) is 7.61. The molecule has 3 rings (SSSR count). The lowest BCUT2D eigenvalue weighted by atomic mass is 9.75. The summed E-state index contributed by atoms with van der Waals surface area (Å²) in [7, 11) is 0. The summed E-state index contributed by atoms with van der Waals surface area (Å²) in [6.45, 7) is 7.10. The van der Waals surface area contributed by atoms with Gasteiger partial charge in [0.25, 0.3) is 0 Å². The van der Waals surface area contributed by atoms with Gasteiger partial charge in [-0.05, 0) is 55.5 Å². The topological polar surface area (TPSA) is 34.4 Å². The largest absolute Gasteiger partial charge is 0.494 e. The van der Waals surface area contributed by atoms with Gasteiger partial charge in [0.05, 0.1) is 12.7 Å². The third kappa shape index (κ3) is 2.70. The Bertz CT molecular complexity index is 625. The van der Waals surface area contributed by atoms with Crippen molar-refractivity contribution in [2.75, 3.05) is 6.61 Å². The minimum absolute atomic E-state index is 0.133. The second-order valence-corrected chi connectivity index (χ2v) is 6.58. The number of benzene rings is 1. The Morgan fingerprint density at radius 2 is 1.95 bits per heavy atom. The standard InChI is InChI=1S/C18H23NO2/c1-4-21-14-7-5-13(6-8-14)19-10-9-15-16(19)11-18(2,3)12-17(15)20/h5-10,17,20H,4,11-12H2,1-3H3. The smallest absolute Gasteiger partial charge is 0.119 e. The Balaban J connectivity index is 1.97. The monoisotopic (exact) mass is 285 g/mol. The molecule has 1 N–H and O–H groups in total. The van der Waals surface area contributed by atoms with Gasteiger partial charge in [-0.25, -0.2) is 0 Å². The molecule has 1 unspecified atom stereocenters. The second-order valence-electron chi connectivity index (χ2n) is 6.58. The summed E-state index contributed by atoms with van der Waals surface area (Å²) >= 11 is 0. The lowest BCUT2D eigenvalue weighted by Crippen LogP contribution is -2.26. The molecular formula is C18H23NO2. The normalized spacial score (nSPS) is 20.1. The molecule has 1 aliphatic rings. The van der Waals surface area contributed by atoms with Crippen molar-refractivity contribution >= 4 is 0 Å². The summed E-state index contributed by atoms with van der Waals surface area (Å²) in [5.41, 5.74) is 3.55. The Hall–Kier alpha value is -1.74. The highest BCUT2D eigenvalue weighted by Crippen LogP contribution is 2.41. The number of aliphatic hydroxyl groups excluding tert-OH is 1. The quantitative estimate of drug-likeness (QED) is 0.928. The van der Waals surface area contributed by atoms with Crippen LogP contribution in [0.2, 0.25) is 0 Å². The van der Waals surface area contributed by atoms with Gasteiger partial charge in [-0.3, -0.25) is 0 Å². The number of aromatic nitrogens is 1. The van der Waals surface area contributed by atoms with Crippen LogP contribution < -0.4 is 4.74 Å². The average Bonchev–Trinajstić information content (AvgIpc) is 2.82. The summed E-state index contributed by atoms with van der Waals surface area (Å²) in [6, 6.07) is 10.2. The zero-order valence-electron chi connectivity index (χ0n) is 13.0. The van der Waals surface area contributed by atoms with Crippen LogP contribution in [-0.4, -0.2) is 16.3 Å². The van der Waals surface area contributed by atoms with E-state index in [2.05, 4.69) is 36.7 Å². The number of aliphatic hydroxyl groups is 1.